The molecule has 2 aliphatic heterocycles. The first-order valence-electron chi connectivity index (χ1n) is 10.4. The van der Waals surface area contributed by atoms with Crippen LogP contribution in [0.25, 0.3) is 5.57 Å². The highest BCUT2D eigenvalue weighted by atomic mass is 16.2. The molecule has 0 spiro atoms. The third-order valence-corrected chi connectivity index (χ3v) is 6.17. The van der Waals surface area contributed by atoms with E-state index in [0.717, 1.165) is 36.5 Å². The molecular formula is C23H29N5O. The molecule has 2 aromatic rings. The molecule has 0 radical (unpaired) electrons. The van der Waals surface area contributed by atoms with Gasteiger partial charge in [0.2, 0.25) is 11.9 Å². The predicted molar refractivity (Wildman–Crippen MR) is 117 cm³/mol. The van der Waals surface area contributed by atoms with E-state index in [9.17, 15) is 4.79 Å². The highest BCUT2D eigenvalue weighted by molar-refractivity contribution is 5.94. The molecule has 6 heteroatoms. The van der Waals surface area contributed by atoms with Gasteiger partial charge in [0.05, 0.1) is 6.04 Å². The first-order valence-corrected chi connectivity index (χ1v) is 10.4. The Morgan fingerprint density at radius 3 is 2.79 bits per heavy atom. The van der Waals surface area contributed by atoms with Gasteiger partial charge in [0.1, 0.15) is 0 Å². The van der Waals surface area contributed by atoms with Crippen molar-refractivity contribution in [3.8, 4) is 0 Å². The van der Waals surface area contributed by atoms with Gasteiger partial charge in [-0.15, -0.1) is 0 Å². The van der Waals surface area contributed by atoms with E-state index >= 15 is 0 Å². The van der Waals surface area contributed by atoms with Gasteiger partial charge < -0.3 is 15.5 Å². The zero-order chi connectivity index (χ0) is 20.5. The number of rotatable bonds is 3. The maximum absolute atomic E-state index is 12.5. The van der Waals surface area contributed by atoms with Gasteiger partial charge in [0.25, 0.3) is 0 Å². The summed E-state index contributed by atoms with van der Waals surface area (Å²) in [6, 6.07) is 8.49. The predicted octanol–water partition coefficient (Wildman–Crippen LogP) is 3.71. The van der Waals surface area contributed by atoms with Gasteiger partial charge >= 0.3 is 0 Å². The van der Waals surface area contributed by atoms with Crippen molar-refractivity contribution in [1.29, 1.82) is 0 Å². The van der Waals surface area contributed by atoms with E-state index in [4.69, 9.17) is 0 Å². The van der Waals surface area contributed by atoms with Gasteiger partial charge in [-0.2, -0.15) is 0 Å². The number of fused-ring (bicyclic) bond motifs is 1. The highest BCUT2D eigenvalue weighted by Gasteiger charge is 2.38. The molecule has 1 aromatic carbocycles. The van der Waals surface area contributed by atoms with Gasteiger partial charge in [-0.05, 0) is 61.7 Å². The lowest BCUT2D eigenvalue weighted by molar-refractivity contribution is -0.117. The Hall–Kier alpha value is -2.73. The summed E-state index contributed by atoms with van der Waals surface area (Å²) in [5.74, 6) is 0.903. The van der Waals surface area contributed by atoms with Crippen molar-refractivity contribution in [2.75, 3.05) is 23.3 Å². The number of anilines is 2. The van der Waals surface area contributed by atoms with Crippen molar-refractivity contribution in [3.63, 3.8) is 0 Å². The van der Waals surface area contributed by atoms with Crippen LogP contribution in [-0.2, 0) is 4.79 Å². The van der Waals surface area contributed by atoms with E-state index in [1.807, 2.05) is 17.9 Å². The van der Waals surface area contributed by atoms with E-state index in [-0.39, 0.29) is 23.9 Å². The summed E-state index contributed by atoms with van der Waals surface area (Å²) in [5, 5.41) is 6.93. The lowest BCUT2D eigenvalue weighted by Gasteiger charge is -2.44. The van der Waals surface area contributed by atoms with Crippen molar-refractivity contribution in [3.05, 3.63) is 53.4 Å². The molecule has 0 fully saturated rings. The summed E-state index contributed by atoms with van der Waals surface area (Å²) >= 11 is 0. The molecule has 1 aromatic heterocycles. The summed E-state index contributed by atoms with van der Waals surface area (Å²) in [5.41, 5.74) is 5.63. The lowest BCUT2D eigenvalue weighted by Crippen LogP contribution is -2.48. The minimum atomic E-state index is 0.0275. The standard InChI is InChI=1S/C23H29N5O/c1-14-7-12-25-23(26-14)27-22-15(2)16(3)28(17(4)29)21-6-5-19(13-20(21)22)18-8-10-24-11-9-18/h5-8,12-13,15-16,22,24H,9-11H2,1-4H3,(H,25,26,27)/t15?,16-,22?/m0/s1. The fourth-order valence-electron chi connectivity index (χ4n) is 4.45. The molecule has 2 unspecified atom stereocenters. The molecule has 0 saturated heterocycles. The molecular weight excluding hydrogens is 362 g/mol. The summed E-state index contributed by atoms with van der Waals surface area (Å²) in [4.78, 5) is 23.4. The summed E-state index contributed by atoms with van der Waals surface area (Å²) in [7, 11) is 0. The Balaban J connectivity index is 1.80. The Morgan fingerprint density at radius 2 is 2.10 bits per heavy atom. The molecule has 2 aliphatic rings. The quantitative estimate of drug-likeness (QED) is 0.835. The molecule has 2 N–H and O–H groups in total. The van der Waals surface area contributed by atoms with Crippen molar-refractivity contribution in [1.82, 2.24) is 15.3 Å². The molecule has 152 valence electrons. The number of aromatic nitrogens is 2. The van der Waals surface area contributed by atoms with Crippen LogP contribution in [0.2, 0.25) is 0 Å². The van der Waals surface area contributed by atoms with Gasteiger partial charge in [-0.25, -0.2) is 9.97 Å². The number of carbonyl (C=O) groups excluding carboxylic acids is 1. The summed E-state index contributed by atoms with van der Waals surface area (Å²) in [6.45, 7) is 9.81. The van der Waals surface area contributed by atoms with Crippen LogP contribution in [0, 0.1) is 12.8 Å². The van der Waals surface area contributed by atoms with E-state index in [0.29, 0.717) is 5.95 Å². The van der Waals surface area contributed by atoms with Gasteiger partial charge in [-0.1, -0.05) is 19.1 Å². The third-order valence-electron chi connectivity index (χ3n) is 6.17. The fraction of sp³-hybridized carbons (Fsp3) is 0.435. The van der Waals surface area contributed by atoms with Crippen molar-refractivity contribution in [2.45, 2.75) is 46.2 Å². The van der Waals surface area contributed by atoms with Crippen molar-refractivity contribution < 1.29 is 4.79 Å². The molecule has 0 aliphatic carbocycles. The monoisotopic (exact) mass is 391 g/mol. The maximum atomic E-state index is 12.5. The summed E-state index contributed by atoms with van der Waals surface area (Å²) < 4.78 is 0. The minimum absolute atomic E-state index is 0.0275. The van der Waals surface area contributed by atoms with Crippen LogP contribution in [0.15, 0.2) is 36.5 Å². The highest BCUT2D eigenvalue weighted by Crippen LogP contribution is 2.43. The zero-order valence-corrected chi connectivity index (χ0v) is 17.6. The molecule has 0 saturated carbocycles. The van der Waals surface area contributed by atoms with Gasteiger partial charge in [-0.3, -0.25) is 4.79 Å². The van der Waals surface area contributed by atoms with Gasteiger partial charge in [0, 0.05) is 43.0 Å². The van der Waals surface area contributed by atoms with Crippen LogP contribution in [0.1, 0.15) is 50.1 Å². The second-order valence-corrected chi connectivity index (χ2v) is 8.09. The van der Waals surface area contributed by atoms with Crippen LogP contribution in [0.5, 0.6) is 0 Å². The number of benzene rings is 1. The number of nitrogens with zero attached hydrogens (tertiary/aromatic N) is 3. The Bertz CT molecular complexity index is 954. The van der Waals surface area contributed by atoms with Crippen LogP contribution in [0.3, 0.4) is 0 Å². The molecule has 29 heavy (non-hydrogen) atoms. The van der Waals surface area contributed by atoms with E-state index in [1.165, 1.54) is 11.1 Å². The number of nitrogens with one attached hydrogen (secondary N) is 2. The van der Waals surface area contributed by atoms with E-state index < -0.39 is 0 Å². The molecule has 1 amide bonds. The van der Waals surface area contributed by atoms with E-state index in [2.05, 4.69) is 58.7 Å². The Labute approximate surface area is 172 Å². The van der Waals surface area contributed by atoms with Crippen molar-refractivity contribution >= 4 is 23.1 Å². The number of amides is 1. The summed E-state index contributed by atoms with van der Waals surface area (Å²) in [6.07, 6.45) is 5.05. The Morgan fingerprint density at radius 1 is 1.28 bits per heavy atom. The number of carbonyl (C=O) groups is 1. The second kappa shape index (κ2) is 7.95. The molecule has 3 atom stereocenters. The van der Waals surface area contributed by atoms with Crippen LogP contribution < -0.4 is 15.5 Å². The van der Waals surface area contributed by atoms with Crippen LogP contribution in [0.4, 0.5) is 11.6 Å². The maximum Gasteiger partial charge on any atom is 0.224 e. The second-order valence-electron chi connectivity index (χ2n) is 8.09. The lowest BCUT2D eigenvalue weighted by atomic mass is 9.81. The molecule has 3 heterocycles. The molecule has 4 rings (SSSR count). The number of hydrogen-bond donors (Lipinski definition) is 2. The first kappa shape index (κ1) is 19.6. The van der Waals surface area contributed by atoms with E-state index in [1.54, 1.807) is 13.1 Å². The van der Waals surface area contributed by atoms with Crippen LogP contribution in [-0.4, -0.2) is 35.0 Å². The average molecular weight is 392 g/mol. The molecule has 6 nitrogen and oxygen atoms in total. The smallest absolute Gasteiger partial charge is 0.224 e. The zero-order valence-electron chi connectivity index (χ0n) is 17.6. The van der Waals surface area contributed by atoms with Crippen LogP contribution >= 0.6 is 0 Å². The fourth-order valence-corrected chi connectivity index (χ4v) is 4.45. The largest absolute Gasteiger partial charge is 0.347 e. The number of aryl methyl sites for hydroxylation is 1. The first-order chi connectivity index (χ1) is 14.0. The topological polar surface area (TPSA) is 70.2 Å². The molecule has 0 bridgehead atoms. The average Bonchev–Trinajstić information content (AvgIpc) is 2.72. The Kier molecular flexibility index (Phi) is 5.37. The normalized spacial score (nSPS) is 23.9. The SMILES string of the molecule is CC(=O)N1c2ccc(C3=CCNCC3)cc2C(Nc2nccc(C)n2)C(C)[C@@H]1C. The van der Waals surface area contributed by atoms with Crippen molar-refractivity contribution in [2.24, 2.45) is 5.92 Å². The number of hydrogen-bond acceptors (Lipinski definition) is 5. The minimum Gasteiger partial charge on any atom is -0.347 e. The van der Waals surface area contributed by atoms with Gasteiger partial charge in [0.15, 0.2) is 0 Å². The third kappa shape index (κ3) is 3.77.